The fourth-order valence-electron chi connectivity index (χ4n) is 2.30. The second-order valence-corrected chi connectivity index (χ2v) is 4.84. The van der Waals surface area contributed by atoms with Crippen LogP contribution < -0.4 is 10.6 Å². The van der Waals surface area contributed by atoms with Crippen LogP contribution in [0.25, 0.3) is 5.65 Å². The van der Waals surface area contributed by atoms with Gasteiger partial charge in [-0.15, -0.1) is 0 Å². The van der Waals surface area contributed by atoms with E-state index in [9.17, 15) is 0 Å². The van der Waals surface area contributed by atoms with Crippen molar-refractivity contribution in [3.05, 3.63) is 30.1 Å². The molecule has 0 radical (unpaired) electrons. The summed E-state index contributed by atoms with van der Waals surface area (Å²) < 4.78 is 2.08. The van der Waals surface area contributed by atoms with Crippen molar-refractivity contribution in [3.63, 3.8) is 0 Å². The number of hydrogen-bond acceptors (Lipinski definition) is 3. The van der Waals surface area contributed by atoms with Gasteiger partial charge in [0.2, 0.25) is 0 Å². The molecule has 4 heteroatoms. The number of nitrogens with two attached hydrogens (primary N) is 1. The smallest absolute Gasteiger partial charge is 0.152 e. The van der Waals surface area contributed by atoms with Gasteiger partial charge in [0.15, 0.2) is 5.82 Å². The lowest BCUT2D eigenvalue weighted by Gasteiger charge is -2.17. The van der Waals surface area contributed by atoms with Crippen molar-refractivity contribution in [2.75, 3.05) is 18.5 Å². The third kappa shape index (κ3) is 1.89. The van der Waals surface area contributed by atoms with Crippen LogP contribution in [0.15, 0.2) is 24.4 Å². The molecule has 0 amide bonds. The molecule has 90 valence electrons. The zero-order valence-electron chi connectivity index (χ0n) is 10.1. The van der Waals surface area contributed by atoms with E-state index in [-0.39, 0.29) is 0 Å². The van der Waals surface area contributed by atoms with Crippen LogP contribution in [0.2, 0.25) is 0 Å². The Morgan fingerprint density at radius 3 is 3.00 bits per heavy atom. The molecule has 1 aliphatic carbocycles. The highest BCUT2D eigenvalue weighted by atomic mass is 15.2. The van der Waals surface area contributed by atoms with Crippen LogP contribution in [0, 0.1) is 5.92 Å². The third-order valence-corrected chi connectivity index (χ3v) is 3.39. The summed E-state index contributed by atoms with van der Waals surface area (Å²) in [6.07, 6.45) is 4.74. The molecule has 0 aliphatic heterocycles. The Bertz CT molecular complexity index is 527. The van der Waals surface area contributed by atoms with Gasteiger partial charge in [0.1, 0.15) is 5.65 Å². The number of nitrogens with zero attached hydrogens (tertiary/aromatic N) is 3. The van der Waals surface area contributed by atoms with Gasteiger partial charge in [0, 0.05) is 26.3 Å². The molecular weight excluding hydrogens is 212 g/mol. The normalized spacial score (nSPS) is 15.4. The Morgan fingerprint density at radius 2 is 2.29 bits per heavy atom. The number of hydrogen-bond donors (Lipinski definition) is 1. The molecule has 0 unspecified atom stereocenters. The summed E-state index contributed by atoms with van der Waals surface area (Å²) in [6, 6.07) is 6.04. The molecule has 0 saturated heterocycles. The Hall–Kier alpha value is -1.55. The summed E-state index contributed by atoms with van der Waals surface area (Å²) in [6.45, 7) is 1.62. The Morgan fingerprint density at radius 1 is 1.47 bits per heavy atom. The number of fused-ring (bicyclic) bond motifs is 1. The predicted molar refractivity (Wildman–Crippen MR) is 69.1 cm³/mol. The van der Waals surface area contributed by atoms with Gasteiger partial charge < -0.3 is 15.0 Å². The van der Waals surface area contributed by atoms with E-state index < -0.39 is 0 Å². The maximum atomic E-state index is 5.86. The second-order valence-electron chi connectivity index (χ2n) is 4.84. The van der Waals surface area contributed by atoms with Crippen LogP contribution in [0.5, 0.6) is 0 Å². The van der Waals surface area contributed by atoms with E-state index in [0.29, 0.717) is 6.54 Å². The van der Waals surface area contributed by atoms with Crippen LogP contribution in [-0.2, 0) is 6.54 Å². The minimum atomic E-state index is 0.523. The summed E-state index contributed by atoms with van der Waals surface area (Å²) in [5.74, 6) is 1.89. The van der Waals surface area contributed by atoms with E-state index in [2.05, 4.69) is 21.3 Å². The molecule has 0 aromatic carbocycles. The molecule has 0 bridgehead atoms. The van der Waals surface area contributed by atoms with Crippen molar-refractivity contribution in [2.24, 2.45) is 11.7 Å². The number of pyridine rings is 1. The number of aromatic nitrogens is 2. The molecule has 3 rings (SSSR count). The van der Waals surface area contributed by atoms with Crippen molar-refractivity contribution in [3.8, 4) is 0 Å². The Labute approximate surface area is 101 Å². The molecule has 17 heavy (non-hydrogen) atoms. The van der Waals surface area contributed by atoms with Crippen LogP contribution in [0.1, 0.15) is 18.5 Å². The first-order valence-electron chi connectivity index (χ1n) is 6.16. The summed E-state index contributed by atoms with van der Waals surface area (Å²) >= 11 is 0. The lowest BCUT2D eigenvalue weighted by Crippen LogP contribution is -2.22. The zero-order valence-corrected chi connectivity index (χ0v) is 10.1. The third-order valence-electron chi connectivity index (χ3n) is 3.39. The van der Waals surface area contributed by atoms with Crippen LogP contribution in [0.4, 0.5) is 5.82 Å². The van der Waals surface area contributed by atoms with E-state index in [1.807, 2.05) is 24.4 Å². The van der Waals surface area contributed by atoms with E-state index in [1.165, 1.54) is 12.8 Å². The van der Waals surface area contributed by atoms with E-state index in [4.69, 9.17) is 5.73 Å². The van der Waals surface area contributed by atoms with Crippen molar-refractivity contribution >= 4 is 11.5 Å². The highest BCUT2D eigenvalue weighted by Gasteiger charge is 2.25. The number of anilines is 1. The second kappa shape index (κ2) is 4.04. The fourth-order valence-corrected chi connectivity index (χ4v) is 2.30. The first kappa shape index (κ1) is 10.6. The minimum Gasteiger partial charge on any atom is -0.358 e. The molecule has 0 atom stereocenters. The zero-order chi connectivity index (χ0) is 11.8. The highest BCUT2D eigenvalue weighted by Crippen LogP contribution is 2.31. The van der Waals surface area contributed by atoms with Gasteiger partial charge in [0.25, 0.3) is 0 Å². The van der Waals surface area contributed by atoms with Gasteiger partial charge in [-0.3, -0.25) is 0 Å². The average molecular weight is 230 g/mol. The minimum absolute atomic E-state index is 0.523. The van der Waals surface area contributed by atoms with Crippen LogP contribution >= 0.6 is 0 Å². The van der Waals surface area contributed by atoms with Gasteiger partial charge in [-0.25, -0.2) is 4.98 Å². The first-order valence-corrected chi connectivity index (χ1v) is 6.16. The highest BCUT2D eigenvalue weighted by molar-refractivity contribution is 5.55. The summed E-state index contributed by atoms with van der Waals surface area (Å²) in [7, 11) is 2.11. The molecular formula is C13H18N4. The quantitative estimate of drug-likeness (QED) is 0.868. The van der Waals surface area contributed by atoms with Gasteiger partial charge in [-0.2, -0.15) is 0 Å². The lowest BCUT2D eigenvalue weighted by atomic mass is 10.3. The number of imidazole rings is 1. The van der Waals surface area contributed by atoms with Gasteiger partial charge in [0.05, 0.1) is 5.69 Å². The topological polar surface area (TPSA) is 46.6 Å². The largest absolute Gasteiger partial charge is 0.358 e. The van der Waals surface area contributed by atoms with Gasteiger partial charge in [-0.05, 0) is 30.9 Å². The van der Waals surface area contributed by atoms with Gasteiger partial charge in [-0.1, -0.05) is 6.07 Å². The molecule has 2 aromatic rings. The van der Waals surface area contributed by atoms with Crippen molar-refractivity contribution in [1.82, 2.24) is 9.38 Å². The average Bonchev–Trinajstić information content (AvgIpc) is 3.07. The maximum absolute atomic E-state index is 5.86. The molecule has 2 N–H and O–H groups in total. The molecule has 1 fully saturated rings. The number of rotatable bonds is 4. The van der Waals surface area contributed by atoms with Crippen LogP contribution in [0.3, 0.4) is 0 Å². The SMILES string of the molecule is CN(CC1CC1)c1nc2ccccn2c1CN. The lowest BCUT2D eigenvalue weighted by molar-refractivity contribution is 0.772. The molecule has 2 heterocycles. The fraction of sp³-hybridized carbons (Fsp3) is 0.462. The monoisotopic (exact) mass is 230 g/mol. The van der Waals surface area contributed by atoms with Crippen molar-refractivity contribution in [1.29, 1.82) is 0 Å². The Balaban J connectivity index is 2.01. The molecule has 2 aromatic heterocycles. The predicted octanol–water partition coefficient (Wildman–Crippen LogP) is 1.64. The molecule has 4 nitrogen and oxygen atoms in total. The summed E-state index contributed by atoms with van der Waals surface area (Å²) in [5, 5.41) is 0. The first-order chi connectivity index (χ1) is 8.29. The maximum Gasteiger partial charge on any atom is 0.152 e. The van der Waals surface area contributed by atoms with Crippen molar-refractivity contribution < 1.29 is 0 Å². The van der Waals surface area contributed by atoms with E-state index in [0.717, 1.165) is 29.6 Å². The van der Waals surface area contributed by atoms with Gasteiger partial charge >= 0.3 is 0 Å². The van der Waals surface area contributed by atoms with Crippen molar-refractivity contribution in [2.45, 2.75) is 19.4 Å². The Kier molecular flexibility index (Phi) is 2.52. The van der Waals surface area contributed by atoms with E-state index >= 15 is 0 Å². The molecule has 1 aliphatic rings. The molecule has 0 spiro atoms. The standard InChI is InChI=1S/C13H18N4/c1-16(9-10-5-6-10)13-11(8-14)17-7-3-2-4-12(17)15-13/h2-4,7,10H,5-6,8-9,14H2,1H3. The summed E-state index contributed by atoms with van der Waals surface area (Å²) in [5.41, 5.74) is 7.94. The molecule has 1 saturated carbocycles. The van der Waals surface area contributed by atoms with E-state index in [1.54, 1.807) is 0 Å². The van der Waals surface area contributed by atoms with Crippen LogP contribution in [-0.4, -0.2) is 23.0 Å². The summed E-state index contributed by atoms with van der Waals surface area (Å²) in [4.78, 5) is 6.92.